The highest BCUT2D eigenvalue weighted by Crippen LogP contribution is 2.25. The average molecular weight is 304 g/mol. The molecule has 3 heterocycles. The number of nitrogens with one attached hydrogen (secondary N) is 1. The molecular formula is C14H16N4O2S. The van der Waals surface area contributed by atoms with Crippen molar-refractivity contribution in [1.82, 2.24) is 4.98 Å². The maximum Gasteiger partial charge on any atom is 0.324 e. The topological polar surface area (TPSA) is 71.3 Å². The van der Waals surface area contributed by atoms with E-state index in [1.807, 2.05) is 18.3 Å². The van der Waals surface area contributed by atoms with Crippen LogP contribution in [0.4, 0.5) is 16.5 Å². The van der Waals surface area contributed by atoms with Crippen molar-refractivity contribution in [3.8, 4) is 0 Å². The Bertz CT molecular complexity index is 620. The lowest BCUT2D eigenvalue weighted by atomic mass is 10.3. The van der Waals surface area contributed by atoms with Crippen LogP contribution in [0.25, 0.3) is 0 Å². The number of hydrogen-bond donors (Lipinski definition) is 1. The van der Waals surface area contributed by atoms with Crippen molar-refractivity contribution in [2.75, 3.05) is 23.3 Å². The third-order valence-corrected chi connectivity index (χ3v) is 4.51. The molecule has 6 nitrogen and oxygen atoms in total. The summed E-state index contributed by atoms with van der Waals surface area (Å²) in [6.45, 7) is 2.74. The molecule has 0 spiro atoms. The molecule has 110 valence electrons. The second-order valence-corrected chi connectivity index (χ2v) is 6.10. The summed E-state index contributed by atoms with van der Waals surface area (Å²) in [5.74, 6) is 1.02. The molecule has 0 radical (unpaired) electrons. The number of aromatic nitrogens is 1. The number of hydrogen-bond acceptors (Lipinski definition) is 6. The lowest BCUT2D eigenvalue weighted by molar-refractivity contribution is -0.380. The van der Waals surface area contributed by atoms with Crippen molar-refractivity contribution in [3.63, 3.8) is 0 Å². The average Bonchev–Trinajstić information content (AvgIpc) is 3.17. The summed E-state index contributed by atoms with van der Waals surface area (Å²) >= 11 is 1.19. The maximum absolute atomic E-state index is 10.6. The van der Waals surface area contributed by atoms with Crippen molar-refractivity contribution < 1.29 is 4.92 Å². The van der Waals surface area contributed by atoms with Gasteiger partial charge in [-0.2, -0.15) is 0 Å². The van der Waals surface area contributed by atoms with Gasteiger partial charge in [0, 0.05) is 30.6 Å². The number of thiophene rings is 1. The minimum absolute atomic E-state index is 0.175. The van der Waals surface area contributed by atoms with Gasteiger partial charge in [0.05, 0.1) is 16.8 Å². The van der Waals surface area contributed by atoms with Gasteiger partial charge >= 0.3 is 5.00 Å². The summed E-state index contributed by atoms with van der Waals surface area (Å²) in [6.07, 6.45) is 4.29. The molecule has 0 unspecified atom stereocenters. The molecule has 0 bridgehead atoms. The SMILES string of the molecule is O=[N+]([O-])c1ccc(CNc2ccc(N3CCCC3)nc2)s1. The Balaban J connectivity index is 1.58. The first-order valence-corrected chi connectivity index (χ1v) is 7.72. The lowest BCUT2D eigenvalue weighted by Crippen LogP contribution is -2.18. The van der Waals surface area contributed by atoms with Gasteiger partial charge in [0.15, 0.2) is 0 Å². The lowest BCUT2D eigenvalue weighted by Gasteiger charge is -2.16. The van der Waals surface area contributed by atoms with Crippen molar-refractivity contribution >= 4 is 27.8 Å². The Morgan fingerprint density at radius 1 is 1.29 bits per heavy atom. The molecule has 2 aromatic rings. The number of rotatable bonds is 5. The number of pyridine rings is 1. The molecule has 1 aliphatic heterocycles. The van der Waals surface area contributed by atoms with E-state index >= 15 is 0 Å². The van der Waals surface area contributed by atoms with E-state index in [0.29, 0.717) is 6.54 Å². The zero-order valence-corrected chi connectivity index (χ0v) is 12.3. The molecule has 7 heteroatoms. The summed E-state index contributed by atoms with van der Waals surface area (Å²) in [5, 5.41) is 14.0. The quantitative estimate of drug-likeness (QED) is 0.678. The van der Waals surface area contributed by atoms with Gasteiger partial charge < -0.3 is 10.2 Å². The van der Waals surface area contributed by atoms with Gasteiger partial charge in [0.1, 0.15) is 5.82 Å². The molecule has 1 N–H and O–H groups in total. The van der Waals surface area contributed by atoms with Crippen LogP contribution in [0.3, 0.4) is 0 Å². The molecule has 3 rings (SSSR count). The monoisotopic (exact) mass is 304 g/mol. The van der Waals surface area contributed by atoms with E-state index in [2.05, 4.69) is 15.2 Å². The minimum Gasteiger partial charge on any atom is -0.379 e. The van der Waals surface area contributed by atoms with Crippen LogP contribution >= 0.6 is 11.3 Å². The van der Waals surface area contributed by atoms with E-state index in [9.17, 15) is 10.1 Å². The molecule has 0 atom stereocenters. The van der Waals surface area contributed by atoms with Crippen LogP contribution in [-0.4, -0.2) is 23.0 Å². The third-order valence-electron chi connectivity index (χ3n) is 3.47. The molecular weight excluding hydrogens is 288 g/mol. The normalized spacial score (nSPS) is 14.4. The van der Waals surface area contributed by atoms with Crippen molar-refractivity contribution in [3.05, 3.63) is 45.5 Å². The smallest absolute Gasteiger partial charge is 0.324 e. The summed E-state index contributed by atoms with van der Waals surface area (Å²) in [6, 6.07) is 7.34. The first-order valence-electron chi connectivity index (χ1n) is 6.90. The highest BCUT2D eigenvalue weighted by Gasteiger charge is 2.13. The van der Waals surface area contributed by atoms with Gasteiger partial charge in [-0.1, -0.05) is 11.3 Å². The molecule has 0 saturated carbocycles. The molecule has 1 aliphatic rings. The largest absolute Gasteiger partial charge is 0.379 e. The van der Waals surface area contributed by atoms with Gasteiger partial charge in [0.2, 0.25) is 0 Å². The Labute approximate surface area is 126 Å². The van der Waals surface area contributed by atoms with Crippen LogP contribution in [0, 0.1) is 10.1 Å². The molecule has 1 fully saturated rings. The summed E-state index contributed by atoms with van der Waals surface area (Å²) in [4.78, 5) is 18.0. The molecule has 0 aromatic carbocycles. The van der Waals surface area contributed by atoms with Gasteiger partial charge in [-0.15, -0.1) is 0 Å². The first-order chi connectivity index (χ1) is 10.2. The Morgan fingerprint density at radius 3 is 2.71 bits per heavy atom. The minimum atomic E-state index is -0.361. The zero-order valence-electron chi connectivity index (χ0n) is 11.5. The van der Waals surface area contributed by atoms with Gasteiger partial charge in [0.25, 0.3) is 0 Å². The van der Waals surface area contributed by atoms with Crippen molar-refractivity contribution in [2.24, 2.45) is 0 Å². The Morgan fingerprint density at radius 2 is 2.10 bits per heavy atom. The number of anilines is 2. The van der Waals surface area contributed by atoms with E-state index in [1.165, 1.54) is 30.2 Å². The van der Waals surface area contributed by atoms with E-state index in [-0.39, 0.29) is 9.92 Å². The maximum atomic E-state index is 10.6. The van der Waals surface area contributed by atoms with Crippen LogP contribution in [-0.2, 0) is 6.54 Å². The molecule has 1 saturated heterocycles. The van der Waals surface area contributed by atoms with Crippen molar-refractivity contribution in [1.29, 1.82) is 0 Å². The van der Waals surface area contributed by atoms with Gasteiger partial charge in [-0.25, -0.2) is 4.98 Å². The first kappa shape index (κ1) is 13.8. The van der Waals surface area contributed by atoms with Crippen molar-refractivity contribution in [2.45, 2.75) is 19.4 Å². The van der Waals surface area contributed by atoms with E-state index in [1.54, 1.807) is 6.07 Å². The van der Waals surface area contributed by atoms with Gasteiger partial charge in [-0.05, 0) is 31.0 Å². The Hall–Kier alpha value is -2.15. The fraction of sp³-hybridized carbons (Fsp3) is 0.357. The molecule has 2 aromatic heterocycles. The standard InChI is InChI=1S/C14H16N4O2S/c19-18(20)14-6-4-12(21-14)10-15-11-3-5-13(16-9-11)17-7-1-2-8-17/h3-6,9,15H,1-2,7-8,10H2. The fourth-order valence-electron chi connectivity index (χ4n) is 2.37. The van der Waals surface area contributed by atoms with Crippen LogP contribution in [0.5, 0.6) is 0 Å². The van der Waals surface area contributed by atoms with E-state index < -0.39 is 0 Å². The number of nitro groups is 1. The Kier molecular flexibility index (Phi) is 4.01. The summed E-state index contributed by atoms with van der Waals surface area (Å²) < 4.78 is 0. The fourth-order valence-corrected chi connectivity index (χ4v) is 3.13. The predicted molar refractivity (Wildman–Crippen MR) is 84.0 cm³/mol. The molecule has 21 heavy (non-hydrogen) atoms. The molecule has 0 aliphatic carbocycles. The zero-order chi connectivity index (χ0) is 14.7. The highest BCUT2D eigenvalue weighted by atomic mass is 32.1. The van der Waals surface area contributed by atoms with Crippen LogP contribution in [0.2, 0.25) is 0 Å². The van der Waals surface area contributed by atoms with Crippen LogP contribution < -0.4 is 10.2 Å². The van der Waals surface area contributed by atoms with Crippen LogP contribution in [0.15, 0.2) is 30.5 Å². The predicted octanol–water partition coefficient (Wildman–Crippen LogP) is 3.26. The molecule has 0 amide bonds. The second kappa shape index (κ2) is 6.09. The highest BCUT2D eigenvalue weighted by molar-refractivity contribution is 7.15. The van der Waals surface area contributed by atoms with Gasteiger partial charge in [-0.3, -0.25) is 10.1 Å². The third kappa shape index (κ3) is 3.30. The van der Waals surface area contributed by atoms with E-state index in [0.717, 1.165) is 29.5 Å². The van der Waals surface area contributed by atoms with Crippen LogP contribution in [0.1, 0.15) is 17.7 Å². The second-order valence-electron chi connectivity index (χ2n) is 4.95. The summed E-state index contributed by atoms with van der Waals surface area (Å²) in [5.41, 5.74) is 0.925. The number of nitrogens with zero attached hydrogens (tertiary/aromatic N) is 3. The van der Waals surface area contributed by atoms with E-state index in [4.69, 9.17) is 0 Å². The summed E-state index contributed by atoms with van der Waals surface area (Å²) in [7, 11) is 0.